The Labute approximate surface area is 173 Å². The minimum Gasteiger partial charge on any atom is -0.372 e. The van der Waals surface area contributed by atoms with Gasteiger partial charge in [0.15, 0.2) is 5.78 Å². The Hall–Kier alpha value is -2.56. The van der Waals surface area contributed by atoms with Gasteiger partial charge in [-0.15, -0.1) is 11.3 Å². The minimum absolute atomic E-state index is 0.187. The Kier molecular flexibility index (Phi) is 4.46. The number of benzene rings is 2. The molecule has 0 bridgehead atoms. The molecular formula is C23H19ClN2OS. The number of anilines is 2. The van der Waals surface area contributed by atoms with Gasteiger partial charge < -0.3 is 10.6 Å². The summed E-state index contributed by atoms with van der Waals surface area (Å²) in [5, 5.41) is 7.15. The largest absolute Gasteiger partial charge is 0.372 e. The van der Waals surface area contributed by atoms with Gasteiger partial charge in [-0.2, -0.15) is 0 Å². The molecule has 2 aromatic carbocycles. The molecule has 5 rings (SSSR count). The van der Waals surface area contributed by atoms with Gasteiger partial charge in [0.05, 0.1) is 21.8 Å². The van der Waals surface area contributed by atoms with E-state index in [1.807, 2.05) is 54.6 Å². The summed E-state index contributed by atoms with van der Waals surface area (Å²) in [6.45, 7) is 0. The summed E-state index contributed by atoms with van der Waals surface area (Å²) in [6, 6.07) is 22.1. The van der Waals surface area contributed by atoms with Crippen LogP contribution in [0.1, 0.15) is 35.2 Å². The van der Waals surface area contributed by atoms with Gasteiger partial charge in [0.25, 0.3) is 0 Å². The summed E-state index contributed by atoms with van der Waals surface area (Å²) in [5.74, 6) is 0.384. The summed E-state index contributed by atoms with van der Waals surface area (Å²) < 4.78 is 0.731. The third-order valence-corrected chi connectivity index (χ3v) is 6.75. The summed E-state index contributed by atoms with van der Waals surface area (Å²) >= 11 is 7.73. The van der Waals surface area contributed by atoms with Crippen molar-refractivity contribution in [3.05, 3.63) is 92.8 Å². The van der Waals surface area contributed by atoms with Crippen molar-refractivity contribution in [3.63, 3.8) is 0 Å². The van der Waals surface area contributed by atoms with Gasteiger partial charge in [-0.25, -0.2) is 0 Å². The second-order valence-corrected chi connectivity index (χ2v) is 8.97. The SMILES string of the molecule is O=C1C[C@H](c2ccccc2)CC2=C1[C@H](c1ccc(Cl)s1)Nc1ccccc1N2. The van der Waals surface area contributed by atoms with E-state index in [0.717, 1.165) is 38.3 Å². The number of hydrogen-bond acceptors (Lipinski definition) is 4. The predicted molar refractivity (Wildman–Crippen MR) is 116 cm³/mol. The standard InChI is InChI=1S/C23H19ClN2OS/c24-21-11-10-20(28-21)23-22-18(25-16-8-4-5-9-17(16)26-23)12-15(13-19(22)27)14-6-2-1-3-7-14/h1-11,15,23,25-26H,12-13H2/t15-,23+/m1/s1. The highest BCUT2D eigenvalue weighted by Crippen LogP contribution is 2.45. The molecule has 0 saturated carbocycles. The fourth-order valence-corrected chi connectivity index (χ4v) is 5.27. The normalized spacial score (nSPS) is 21.2. The number of carbonyl (C=O) groups is 1. The molecule has 2 aliphatic rings. The van der Waals surface area contributed by atoms with Crippen molar-refractivity contribution in [3.8, 4) is 0 Å². The quantitative estimate of drug-likeness (QED) is 0.518. The van der Waals surface area contributed by atoms with E-state index in [2.05, 4.69) is 22.8 Å². The highest BCUT2D eigenvalue weighted by Gasteiger charge is 2.36. The highest BCUT2D eigenvalue weighted by molar-refractivity contribution is 7.16. The lowest BCUT2D eigenvalue weighted by atomic mass is 9.79. The van der Waals surface area contributed by atoms with Gasteiger partial charge in [0.2, 0.25) is 0 Å². The molecule has 0 fully saturated rings. The number of para-hydroxylation sites is 2. The number of Topliss-reactive ketones (excluding diaryl/α,β-unsaturated/α-hetero) is 1. The van der Waals surface area contributed by atoms with E-state index in [1.54, 1.807) is 0 Å². The number of fused-ring (bicyclic) bond motifs is 1. The van der Waals surface area contributed by atoms with Crippen LogP contribution in [0.3, 0.4) is 0 Å². The van der Waals surface area contributed by atoms with Crippen LogP contribution in [0.2, 0.25) is 4.34 Å². The first-order valence-electron chi connectivity index (χ1n) is 9.38. The van der Waals surface area contributed by atoms with Gasteiger partial charge in [-0.05, 0) is 42.2 Å². The molecule has 2 atom stereocenters. The molecule has 140 valence electrons. The number of ketones is 1. The minimum atomic E-state index is -0.187. The fraction of sp³-hybridized carbons (Fsp3) is 0.174. The Morgan fingerprint density at radius 3 is 2.39 bits per heavy atom. The summed E-state index contributed by atoms with van der Waals surface area (Å²) in [4.78, 5) is 14.4. The van der Waals surface area contributed by atoms with Crippen molar-refractivity contribution in [2.24, 2.45) is 0 Å². The molecule has 3 nitrogen and oxygen atoms in total. The van der Waals surface area contributed by atoms with Crippen LogP contribution in [0.25, 0.3) is 0 Å². The lowest BCUT2D eigenvalue weighted by Crippen LogP contribution is -2.26. The van der Waals surface area contributed by atoms with Crippen LogP contribution in [0, 0.1) is 0 Å². The van der Waals surface area contributed by atoms with Crippen molar-refractivity contribution in [2.45, 2.75) is 24.8 Å². The lowest BCUT2D eigenvalue weighted by Gasteiger charge is -2.29. The van der Waals surface area contributed by atoms with Crippen LogP contribution >= 0.6 is 22.9 Å². The topological polar surface area (TPSA) is 41.1 Å². The average molecular weight is 407 g/mol. The number of thiophene rings is 1. The molecule has 0 saturated heterocycles. The maximum Gasteiger partial charge on any atom is 0.163 e. The van der Waals surface area contributed by atoms with Crippen molar-refractivity contribution in [1.82, 2.24) is 0 Å². The van der Waals surface area contributed by atoms with E-state index < -0.39 is 0 Å². The third-order valence-electron chi connectivity index (χ3n) is 5.46. The smallest absolute Gasteiger partial charge is 0.163 e. The van der Waals surface area contributed by atoms with Crippen LogP contribution in [0.5, 0.6) is 0 Å². The number of carbonyl (C=O) groups excluding carboxylic acids is 1. The maximum atomic E-state index is 13.3. The van der Waals surface area contributed by atoms with E-state index in [1.165, 1.54) is 16.9 Å². The molecule has 1 aliphatic carbocycles. The van der Waals surface area contributed by atoms with Crippen molar-refractivity contribution in [1.29, 1.82) is 0 Å². The van der Waals surface area contributed by atoms with E-state index in [-0.39, 0.29) is 17.7 Å². The molecule has 28 heavy (non-hydrogen) atoms. The highest BCUT2D eigenvalue weighted by atomic mass is 35.5. The molecule has 3 aromatic rings. The molecular weight excluding hydrogens is 388 g/mol. The van der Waals surface area contributed by atoms with Gasteiger partial charge >= 0.3 is 0 Å². The zero-order chi connectivity index (χ0) is 19.1. The number of hydrogen-bond donors (Lipinski definition) is 2. The van der Waals surface area contributed by atoms with Gasteiger partial charge in [0.1, 0.15) is 0 Å². The number of nitrogens with one attached hydrogen (secondary N) is 2. The second-order valence-electron chi connectivity index (χ2n) is 7.22. The molecule has 0 unspecified atom stereocenters. The Morgan fingerprint density at radius 2 is 1.64 bits per heavy atom. The van der Waals surface area contributed by atoms with Crippen LogP contribution in [0.4, 0.5) is 11.4 Å². The molecule has 1 aliphatic heterocycles. The van der Waals surface area contributed by atoms with Crippen molar-refractivity contribution in [2.75, 3.05) is 10.6 Å². The van der Waals surface area contributed by atoms with Crippen LogP contribution in [0.15, 0.2) is 78.0 Å². The van der Waals surface area contributed by atoms with E-state index in [4.69, 9.17) is 11.6 Å². The number of halogens is 1. The lowest BCUT2D eigenvalue weighted by molar-refractivity contribution is -0.116. The molecule has 0 spiro atoms. The summed E-state index contributed by atoms with van der Waals surface area (Å²) in [5.41, 5.74) is 5.06. The molecule has 2 heterocycles. The third kappa shape index (κ3) is 3.13. The number of rotatable bonds is 2. The van der Waals surface area contributed by atoms with Crippen molar-refractivity contribution < 1.29 is 4.79 Å². The van der Waals surface area contributed by atoms with E-state index in [0.29, 0.717) is 6.42 Å². The maximum absolute atomic E-state index is 13.3. The zero-order valence-electron chi connectivity index (χ0n) is 15.1. The first kappa shape index (κ1) is 17.5. The molecule has 1 aromatic heterocycles. The van der Waals surface area contributed by atoms with Crippen LogP contribution in [-0.4, -0.2) is 5.78 Å². The summed E-state index contributed by atoms with van der Waals surface area (Å²) in [7, 11) is 0. The number of allylic oxidation sites excluding steroid dienone is 1. The Balaban J connectivity index is 1.61. The van der Waals surface area contributed by atoms with Gasteiger partial charge in [0, 0.05) is 22.6 Å². The van der Waals surface area contributed by atoms with Crippen LogP contribution < -0.4 is 10.6 Å². The molecule has 2 N–H and O–H groups in total. The summed E-state index contributed by atoms with van der Waals surface area (Å²) in [6.07, 6.45) is 1.34. The van der Waals surface area contributed by atoms with Crippen molar-refractivity contribution >= 4 is 40.1 Å². The Bertz CT molecular complexity index is 1070. The monoisotopic (exact) mass is 406 g/mol. The fourth-order valence-electron chi connectivity index (χ4n) is 4.15. The average Bonchev–Trinajstić information content (AvgIpc) is 3.06. The van der Waals surface area contributed by atoms with E-state index >= 15 is 0 Å². The predicted octanol–water partition coefficient (Wildman–Crippen LogP) is 6.38. The van der Waals surface area contributed by atoms with Crippen LogP contribution in [-0.2, 0) is 4.79 Å². The molecule has 0 amide bonds. The van der Waals surface area contributed by atoms with E-state index in [9.17, 15) is 4.79 Å². The first-order valence-corrected chi connectivity index (χ1v) is 10.6. The molecule has 5 heteroatoms. The van der Waals surface area contributed by atoms with Gasteiger partial charge in [-0.1, -0.05) is 54.1 Å². The zero-order valence-corrected chi connectivity index (χ0v) is 16.7. The van der Waals surface area contributed by atoms with Gasteiger partial charge in [-0.3, -0.25) is 4.79 Å². The molecule has 0 radical (unpaired) electrons. The second kappa shape index (κ2) is 7.12. The Morgan fingerprint density at radius 1 is 0.893 bits per heavy atom. The first-order chi connectivity index (χ1) is 13.7.